The SMILES string of the molecule is NCCNS(=O)(=O)Nc1ccc([N+](=O)[O-])cc1Cl. The van der Waals surface area contributed by atoms with Crippen molar-refractivity contribution in [1.29, 1.82) is 0 Å². The van der Waals surface area contributed by atoms with Crippen molar-refractivity contribution >= 4 is 33.2 Å². The highest BCUT2D eigenvalue weighted by Gasteiger charge is 2.14. The number of anilines is 1. The van der Waals surface area contributed by atoms with Gasteiger partial charge in [-0.2, -0.15) is 13.1 Å². The second-order valence-corrected chi connectivity index (χ2v) is 5.12. The minimum atomic E-state index is -3.79. The van der Waals surface area contributed by atoms with Gasteiger partial charge in [0.1, 0.15) is 0 Å². The van der Waals surface area contributed by atoms with E-state index in [2.05, 4.69) is 9.44 Å². The monoisotopic (exact) mass is 294 g/mol. The average Bonchev–Trinajstić information content (AvgIpc) is 2.29. The van der Waals surface area contributed by atoms with Gasteiger partial charge >= 0.3 is 0 Å². The van der Waals surface area contributed by atoms with Crippen molar-refractivity contribution < 1.29 is 13.3 Å². The van der Waals surface area contributed by atoms with E-state index in [9.17, 15) is 18.5 Å². The summed E-state index contributed by atoms with van der Waals surface area (Å²) in [6.07, 6.45) is 0. The van der Waals surface area contributed by atoms with Crippen molar-refractivity contribution in [3.63, 3.8) is 0 Å². The molecular formula is C8H11ClN4O4S. The van der Waals surface area contributed by atoms with Crippen molar-refractivity contribution in [1.82, 2.24) is 4.72 Å². The number of nitro benzene ring substituents is 1. The Labute approximate surface area is 108 Å². The first-order valence-electron chi connectivity index (χ1n) is 4.77. The summed E-state index contributed by atoms with van der Waals surface area (Å²) >= 11 is 5.73. The summed E-state index contributed by atoms with van der Waals surface area (Å²) in [6, 6.07) is 3.41. The maximum Gasteiger partial charge on any atom is 0.299 e. The number of hydrogen-bond donors (Lipinski definition) is 3. The Morgan fingerprint density at radius 1 is 1.44 bits per heavy atom. The molecule has 0 atom stereocenters. The molecular weight excluding hydrogens is 284 g/mol. The first-order valence-corrected chi connectivity index (χ1v) is 6.63. The van der Waals surface area contributed by atoms with E-state index >= 15 is 0 Å². The average molecular weight is 295 g/mol. The molecule has 0 aromatic heterocycles. The van der Waals surface area contributed by atoms with Crippen LogP contribution in [0.2, 0.25) is 5.02 Å². The van der Waals surface area contributed by atoms with Crippen molar-refractivity contribution in [2.75, 3.05) is 17.8 Å². The third-order valence-electron chi connectivity index (χ3n) is 1.84. The normalized spacial score (nSPS) is 11.2. The van der Waals surface area contributed by atoms with Crippen LogP contribution in [0.3, 0.4) is 0 Å². The molecule has 0 saturated heterocycles. The second kappa shape index (κ2) is 5.96. The molecule has 4 N–H and O–H groups in total. The molecule has 1 rings (SSSR count). The van der Waals surface area contributed by atoms with Crippen LogP contribution in [0.1, 0.15) is 0 Å². The van der Waals surface area contributed by atoms with Crippen LogP contribution in [-0.2, 0) is 10.2 Å². The van der Waals surface area contributed by atoms with Crippen LogP contribution in [0.25, 0.3) is 0 Å². The van der Waals surface area contributed by atoms with Crippen LogP contribution in [0.5, 0.6) is 0 Å². The van der Waals surface area contributed by atoms with Gasteiger partial charge in [-0.25, -0.2) is 0 Å². The van der Waals surface area contributed by atoms with E-state index in [1.54, 1.807) is 0 Å². The van der Waals surface area contributed by atoms with Crippen LogP contribution in [0.15, 0.2) is 18.2 Å². The van der Waals surface area contributed by atoms with Crippen LogP contribution in [-0.4, -0.2) is 26.4 Å². The third kappa shape index (κ3) is 4.11. The number of hydrogen-bond acceptors (Lipinski definition) is 5. The Morgan fingerprint density at radius 3 is 2.61 bits per heavy atom. The molecule has 100 valence electrons. The molecule has 18 heavy (non-hydrogen) atoms. The van der Waals surface area contributed by atoms with Crippen LogP contribution in [0.4, 0.5) is 11.4 Å². The standard InChI is InChI=1S/C8H11ClN4O4S/c9-7-5-6(13(14)15)1-2-8(7)12-18(16,17)11-4-3-10/h1-2,5,11-12H,3-4,10H2. The number of nitrogens with two attached hydrogens (primary N) is 1. The van der Waals surface area contributed by atoms with Gasteiger partial charge in [0.05, 0.1) is 15.6 Å². The predicted molar refractivity (Wildman–Crippen MR) is 67.7 cm³/mol. The van der Waals surface area contributed by atoms with Gasteiger partial charge in [-0.15, -0.1) is 0 Å². The van der Waals surface area contributed by atoms with Crippen LogP contribution >= 0.6 is 11.6 Å². The molecule has 8 nitrogen and oxygen atoms in total. The maximum absolute atomic E-state index is 11.5. The summed E-state index contributed by atoms with van der Waals surface area (Å²) in [5, 5.41) is 10.4. The number of nitrogens with zero attached hydrogens (tertiary/aromatic N) is 1. The van der Waals surface area contributed by atoms with E-state index in [-0.39, 0.29) is 29.5 Å². The van der Waals surface area contributed by atoms with Crippen molar-refractivity contribution in [2.45, 2.75) is 0 Å². The lowest BCUT2D eigenvalue weighted by atomic mass is 10.3. The number of rotatable bonds is 6. The number of benzene rings is 1. The van der Waals surface area contributed by atoms with Crippen LogP contribution in [0, 0.1) is 10.1 Å². The fourth-order valence-corrected chi connectivity index (χ4v) is 2.28. The highest BCUT2D eigenvalue weighted by Crippen LogP contribution is 2.27. The summed E-state index contributed by atoms with van der Waals surface area (Å²) in [5.41, 5.74) is 4.98. The largest absolute Gasteiger partial charge is 0.329 e. The van der Waals surface area contributed by atoms with E-state index in [0.717, 1.165) is 12.1 Å². The summed E-state index contributed by atoms with van der Waals surface area (Å²) in [4.78, 5) is 9.84. The fraction of sp³-hybridized carbons (Fsp3) is 0.250. The van der Waals surface area contributed by atoms with E-state index in [0.29, 0.717) is 0 Å². The summed E-state index contributed by atoms with van der Waals surface area (Å²) < 4.78 is 27.2. The molecule has 0 radical (unpaired) electrons. The molecule has 0 unspecified atom stereocenters. The molecule has 1 aromatic rings. The molecule has 0 spiro atoms. The Morgan fingerprint density at radius 2 is 2.11 bits per heavy atom. The molecule has 1 aromatic carbocycles. The number of nitrogens with one attached hydrogen (secondary N) is 2. The zero-order valence-corrected chi connectivity index (χ0v) is 10.7. The van der Waals surface area contributed by atoms with Gasteiger partial charge in [0.25, 0.3) is 15.9 Å². The summed E-state index contributed by atoms with van der Waals surface area (Å²) in [6.45, 7) is 0.217. The lowest BCUT2D eigenvalue weighted by molar-refractivity contribution is -0.384. The van der Waals surface area contributed by atoms with Crippen molar-refractivity contribution in [3.8, 4) is 0 Å². The topological polar surface area (TPSA) is 127 Å². The highest BCUT2D eigenvalue weighted by molar-refractivity contribution is 7.90. The van der Waals surface area contributed by atoms with E-state index < -0.39 is 15.1 Å². The van der Waals surface area contributed by atoms with E-state index in [1.807, 2.05) is 0 Å². The van der Waals surface area contributed by atoms with Gasteiger partial charge < -0.3 is 5.73 Å². The first kappa shape index (κ1) is 14.6. The van der Waals surface area contributed by atoms with Crippen molar-refractivity contribution in [3.05, 3.63) is 33.3 Å². The number of nitro groups is 1. The molecule has 10 heteroatoms. The fourth-order valence-electron chi connectivity index (χ4n) is 1.07. The van der Waals surface area contributed by atoms with Gasteiger partial charge in [0, 0.05) is 25.2 Å². The summed E-state index contributed by atoms with van der Waals surface area (Å²) in [7, 11) is -3.79. The van der Waals surface area contributed by atoms with Gasteiger partial charge in [-0.05, 0) is 6.07 Å². The number of non-ortho nitro benzene ring substituents is 1. The quantitative estimate of drug-likeness (QED) is 0.518. The Kier molecular flexibility index (Phi) is 4.84. The predicted octanol–water partition coefficient (Wildman–Crippen LogP) is 0.453. The third-order valence-corrected chi connectivity index (χ3v) is 3.23. The molecule has 0 aliphatic carbocycles. The zero-order valence-electron chi connectivity index (χ0n) is 9.09. The van der Waals surface area contributed by atoms with Gasteiger partial charge in [0.15, 0.2) is 0 Å². The molecule has 0 aliphatic heterocycles. The Balaban J connectivity index is 2.89. The lowest BCUT2D eigenvalue weighted by Gasteiger charge is -2.09. The Hall–Kier alpha value is -1.42. The Bertz CT molecular complexity index is 548. The second-order valence-electron chi connectivity index (χ2n) is 3.21. The smallest absolute Gasteiger partial charge is 0.299 e. The highest BCUT2D eigenvalue weighted by atomic mass is 35.5. The van der Waals surface area contributed by atoms with Gasteiger partial charge in [-0.3, -0.25) is 14.8 Å². The van der Waals surface area contributed by atoms with Crippen LogP contribution < -0.4 is 15.2 Å². The molecule has 0 heterocycles. The van der Waals surface area contributed by atoms with E-state index in [4.69, 9.17) is 17.3 Å². The minimum Gasteiger partial charge on any atom is -0.329 e. The van der Waals surface area contributed by atoms with E-state index in [1.165, 1.54) is 6.07 Å². The zero-order chi connectivity index (χ0) is 13.8. The maximum atomic E-state index is 11.5. The molecule has 0 amide bonds. The molecule has 0 bridgehead atoms. The molecule has 0 aliphatic rings. The number of halogens is 1. The lowest BCUT2D eigenvalue weighted by Crippen LogP contribution is -2.34. The minimum absolute atomic E-state index is 0.0480. The summed E-state index contributed by atoms with van der Waals surface area (Å²) in [5.74, 6) is 0. The van der Waals surface area contributed by atoms with Gasteiger partial charge in [0.2, 0.25) is 0 Å². The first-order chi connectivity index (χ1) is 8.35. The van der Waals surface area contributed by atoms with Crippen molar-refractivity contribution in [2.24, 2.45) is 5.73 Å². The van der Waals surface area contributed by atoms with Gasteiger partial charge in [-0.1, -0.05) is 11.6 Å². The molecule has 0 saturated carbocycles. The molecule has 0 fully saturated rings.